The highest BCUT2D eigenvalue weighted by atomic mass is 31.1. The predicted octanol–water partition coefficient (Wildman–Crippen LogP) is -0.912. The molecule has 0 spiro atoms. The largest absolute Gasteiger partial charge is 0.593 e. The van der Waals surface area contributed by atoms with Gasteiger partial charge in [0.05, 0.1) is 16.8 Å². The van der Waals surface area contributed by atoms with Crippen LogP contribution >= 0.6 is 8.03 Å². The second-order valence-electron chi connectivity index (χ2n) is 5.11. The van der Waals surface area contributed by atoms with Crippen molar-refractivity contribution in [2.75, 3.05) is 0 Å². The maximum absolute atomic E-state index is 11.2. The number of nitrogens with one attached hydrogen (secondary N) is 1. The standard InChI is InChI=1S/C13H17N2O9P/c1-5-10(18)9(6(4-14-5)13(22)25(23)24)11(19)15-7(12(20)21)2-3-8(16)17/h4,7,11,13,15,18-19,22H,2-3H2,1H3,(H,16,17)(H,20,21)/t7-,11?,13?/m0/s1. The lowest BCUT2D eigenvalue weighted by atomic mass is 10.0. The first kappa shape index (κ1) is 20.9. The van der Waals surface area contributed by atoms with Gasteiger partial charge in [-0.25, -0.2) is 0 Å². The minimum Gasteiger partial charge on any atom is -0.593 e. The number of carbonyl (C=O) groups is 2. The van der Waals surface area contributed by atoms with Gasteiger partial charge in [0.2, 0.25) is 0 Å². The minimum atomic E-state index is -3.38. The molecule has 1 aromatic heterocycles. The molecule has 25 heavy (non-hydrogen) atoms. The molecule has 3 unspecified atom stereocenters. The zero-order chi connectivity index (χ0) is 19.3. The summed E-state index contributed by atoms with van der Waals surface area (Å²) < 4.78 is 11.0. The molecule has 12 heteroatoms. The van der Waals surface area contributed by atoms with Gasteiger partial charge in [0.1, 0.15) is 18.0 Å². The number of hydrogen-bond acceptors (Lipinski definition) is 9. The van der Waals surface area contributed by atoms with E-state index in [1.807, 2.05) is 0 Å². The molecular weight excluding hydrogens is 359 g/mol. The fraction of sp³-hybridized carbons (Fsp3) is 0.462. The third kappa shape index (κ3) is 5.41. The second-order valence-corrected chi connectivity index (χ2v) is 6.17. The van der Waals surface area contributed by atoms with Crippen LogP contribution in [0.3, 0.4) is 0 Å². The summed E-state index contributed by atoms with van der Waals surface area (Å²) in [5.41, 5.74) is -0.882. The molecular formula is C13H17N2O9P. The Morgan fingerprint density at radius 3 is 2.44 bits per heavy atom. The number of aromatic hydroxyl groups is 1. The van der Waals surface area contributed by atoms with Crippen molar-refractivity contribution >= 4 is 20.0 Å². The van der Waals surface area contributed by atoms with Gasteiger partial charge in [0, 0.05) is 12.6 Å². The molecule has 0 aliphatic carbocycles. The molecule has 138 valence electrons. The van der Waals surface area contributed by atoms with Crippen molar-refractivity contribution in [1.82, 2.24) is 10.3 Å². The Morgan fingerprint density at radius 1 is 1.36 bits per heavy atom. The van der Waals surface area contributed by atoms with E-state index in [1.165, 1.54) is 6.92 Å². The summed E-state index contributed by atoms with van der Waals surface area (Å²) in [6.07, 6.45) is -1.84. The lowest BCUT2D eigenvalue weighted by molar-refractivity contribution is -0.172. The summed E-state index contributed by atoms with van der Waals surface area (Å²) in [6, 6.07) is -1.50. The van der Waals surface area contributed by atoms with E-state index in [9.17, 15) is 34.4 Å². The topological polar surface area (TPSA) is 200 Å². The summed E-state index contributed by atoms with van der Waals surface area (Å²) in [5.74, 6) is -5.41. The van der Waals surface area contributed by atoms with E-state index in [1.54, 1.807) is 0 Å². The number of carboxylic acid groups (broad SMARTS) is 2. The lowest BCUT2D eigenvalue weighted by Crippen LogP contribution is -2.40. The normalized spacial score (nSPS) is 15.3. The Bertz CT molecular complexity index is 682. The maximum atomic E-state index is 11.2. The fourth-order valence-corrected chi connectivity index (χ4v) is 2.49. The van der Waals surface area contributed by atoms with Crippen LogP contribution in [0.1, 0.15) is 41.7 Å². The first-order chi connectivity index (χ1) is 11.6. The van der Waals surface area contributed by atoms with Crippen LogP contribution in [0.15, 0.2) is 6.20 Å². The Kier molecular flexibility index (Phi) is 7.34. The van der Waals surface area contributed by atoms with E-state index in [4.69, 9.17) is 10.2 Å². The zero-order valence-electron chi connectivity index (χ0n) is 13.0. The zero-order valence-corrected chi connectivity index (χ0v) is 13.9. The Balaban J connectivity index is 3.19. The van der Waals surface area contributed by atoms with Crippen LogP contribution in [-0.4, -0.2) is 48.5 Å². The number of hydrogen-bond donors (Lipinski definition) is 6. The monoisotopic (exact) mass is 376 g/mol. The number of aryl methyl sites for hydroxylation is 1. The highest BCUT2D eigenvalue weighted by molar-refractivity contribution is 7.36. The van der Waals surface area contributed by atoms with Crippen LogP contribution in [0.4, 0.5) is 0 Å². The van der Waals surface area contributed by atoms with Crippen molar-refractivity contribution in [3.63, 3.8) is 0 Å². The summed E-state index contributed by atoms with van der Waals surface area (Å²) in [7, 11) is -3.38. The van der Waals surface area contributed by atoms with Crippen molar-refractivity contribution < 1.29 is 44.6 Å². The van der Waals surface area contributed by atoms with Crippen molar-refractivity contribution in [2.24, 2.45) is 0 Å². The molecule has 0 fully saturated rings. The van der Waals surface area contributed by atoms with E-state index in [2.05, 4.69) is 10.3 Å². The van der Waals surface area contributed by atoms with Gasteiger partial charge < -0.3 is 30.4 Å². The molecule has 11 nitrogen and oxygen atoms in total. The van der Waals surface area contributed by atoms with Gasteiger partial charge in [-0.2, -0.15) is 0 Å². The predicted molar refractivity (Wildman–Crippen MR) is 79.6 cm³/mol. The second kappa shape index (κ2) is 8.79. The van der Waals surface area contributed by atoms with Crippen LogP contribution < -0.4 is 10.2 Å². The van der Waals surface area contributed by atoms with Gasteiger partial charge in [-0.1, -0.05) is 4.57 Å². The maximum Gasteiger partial charge on any atom is 0.346 e. The molecule has 1 aromatic rings. The highest BCUT2D eigenvalue weighted by Gasteiger charge is 2.32. The number of rotatable bonds is 9. The van der Waals surface area contributed by atoms with Crippen LogP contribution in [0.5, 0.6) is 5.75 Å². The third-order valence-corrected chi connectivity index (χ3v) is 4.04. The molecule has 0 radical (unpaired) electrons. The van der Waals surface area contributed by atoms with Crippen LogP contribution in [0.2, 0.25) is 0 Å². The molecule has 6 N–H and O–H groups in total. The summed E-state index contributed by atoms with van der Waals surface area (Å²) in [5, 5.41) is 49.8. The number of pyridine rings is 1. The Labute approximate surface area is 142 Å². The van der Waals surface area contributed by atoms with E-state index in [-0.39, 0.29) is 12.1 Å². The summed E-state index contributed by atoms with van der Waals surface area (Å²) in [4.78, 5) is 36.4. The Hall–Kier alpha value is -2.17. The number of aliphatic hydroxyl groups is 2. The average molecular weight is 376 g/mol. The van der Waals surface area contributed by atoms with Crippen molar-refractivity contribution in [3.05, 3.63) is 23.0 Å². The number of aromatic nitrogens is 1. The molecule has 0 aliphatic rings. The minimum absolute atomic E-state index is 0.00494. The number of aliphatic carboxylic acids is 2. The van der Waals surface area contributed by atoms with Gasteiger partial charge in [0.15, 0.2) is 0 Å². The molecule has 0 saturated carbocycles. The van der Waals surface area contributed by atoms with Gasteiger partial charge >= 0.3 is 20.0 Å². The average Bonchev–Trinajstić information content (AvgIpc) is 2.52. The lowest BCUT2D eigenvalue weighted by Gasteiger charge is -2.22. The first-order valence-electron chi connectivity index (χ1n) is 6.94. The molecule has 1 heterocycles. The van der Waals surface area contributed by atoms with Crippen LogP contribution in [-0.2, 0) is 14.2 Å². The van der Waals surface area contributed by atoms with Gasteiger partial charge in [-0.05, 0) is 13.3 Å². The van der Waals surface area contributed by atoms with Gasteiger partial charge in [-0.3, -0.25) is 19.9 Å². The molecule has 0 aromatic carbocycles. The van der Waals surface area contributed by atoms with Crippen molar-refractivity contribution in [3.8, 4) is 5.75 Å². The molecule has 0 saturated heterocycles. The van der Waals surface area contributed by atoms with Crippen molar-refractivity contribution in [2.45, 2.75) is 37.9 Å². The van der Waals surface area contributed by atoms with Crippen LogP contribution in [0, 0.1) is 6.92 Å². The molecule has 0 amide bonds. The van der Waals surface area contributed by atoms with Crippen LogP contribution in [0.25, 0.3) is 0 Å². The SMILES string of the molecule is Cc1ncc(C(O)[P+](=O)[O-])c(C(O)N[C@@H](CCC(=O)O)C(=O)O)c1O. The summed E-state index contributed by atoms with van der Waals surface area (Å²) in [6.45, 7) is 1.35. The molecule has 1 rings (SSSR count). The van der Waals surface area contributed by atoms with Gasteiger partial charge in [0.25, 0.3) is 5.85 Å². The Morgan fingerprint density at radius 2 is 1.96 bits per heavy atom. The van der Waals surface area contributed by atoms with E-state index >= 15 is 0 Å². The summed E-state index contributed by atoms with van der Waals surface area (Å²) >= 11 is 0. The third-order valence-electron chi connectivity index (χ3n) is 3.36. The molecule has 0 bridgehead atoms. The first-order valence-corrected chi connectivity index (χ1v) is 8.19. The number of carboxylic acids is 2. The molecule has 0 aliphatic heterocycles. The number of aliphatic hydroxyl groups excluding tert-OH is 2. The van der Waals surface area contributed by atoms with Gasteiger partial charge in [-0.15, -0.1) is 0 Å². The quantitative estimate of drug-likeness (QED) is 0.230. The smallest absolute Gasteiger partial charge is 0.346 e. The van der Waals surface area contributed by atoms with E-state index in [0.29, 0.717) is 0 Å². The number of nitrogens with zero attached hydrogens (tertiary/aromatic N) is 1. The van der Waals surface area contributed by atoms with Crippen molar-refractivity contribution in [1.29, 1.82) is 0 Å². The molecule has 4 atom stereocenters. The fourth-order valence-electron chi connectivity index (χ4n) is 2.06. The highest BCUT2D eigenvalue weighted by Crippen LogP contribution is 2.39. The van der Waals surface area contributed by atoms with E-state index in [0.717, 1.165) is 6.20 Å². The van der Waals surface area contributed by atoms with E-state index < -0.39 is 61.4 Å².